The SMILES string of the molecule is N#Cc1cccc(NC(=O)COCCc2cccs2)c1. The largest absolute Gasteiger partial charge is 0.371 e. The van der Waals surface area contributed by atoms with E-state index in [1.54, 1.807) is 35.6 Å². The second-order valence-corrected chi connectivity index (χ2v) is 5.15. The summed E-state index contributed by atoms with van der Waals surface area (Å²) in [5.74, 6) is -0.216. The molecule has 0 fully saturated rings. The number of hydrogen-bond acceptors (Lipinski definition) is 4. The van der Waals surface area contributed by atoms with Crippen molar-refractivity contribution in [2.45, 2.75) is 6.42 Å². The van der Waals surface area contributed by atoms with Crippen LogP contribution in [0.25, 0.3) is 0 Å². The third kappa shape index (κ3) is 4.50. The molecule has 2 aromatic rings. The van der Waals surface area contributed by atoms with Crippen LogP contribution in [0.3, 0.4) is 0 Å². The molecule has 0 aliphatic rings. The van der Waals surface area contributed by atoms with Gasteiger partial charge in [-0.15, -0.1) is 11.3 Å². The molecule has 102 valence electrons. The number of thiophene rings is 1. The van der Waals surface area contributed by atoms with Gasteiger partial charge in [-0.05, 0) is 29.6 Å². The minimum Gasteiger partial charge on any atom is -0.371 e. The highest BCUT2D eigenvalue weighted by Crippen LogP contribution is 2.10. The Morgan fingerprint density at radius 1 is 1.35 bits per heavy atom. The highest BCUT2D eigenvalue weighted by atomic mass is 32.1. The van der Waals surface area contributed by atoms with Crippen molar-refractivity contribution in [3.63, 3.8) is 0 Å². The second-order valence-electron chi connectivity index (χ2n) is 4.12. The second kappa shape index (κ2) is 7.43. The number of carbonyl (C=O) groups is 1. The number of amides is 1. The predicted molar refractivity (Wildman–Crippen MR) is 78.6 cm³/mol. The first-order valence-corrected chi connectivity index (χ1v) is 7.06. The predicted octanol–water partition coefficient (Wildman–Crippen LogP) is 2.82. The number of nitrogens with zero attached hydrogens (tertiary/aromatic N) is 1. The van der Waals surface area contributed by atoms with Gasteiger partial charge in [0.15, 0.2) is 0 Å². The Bertz CT molecular complexity index is 603. The number of benzene rings is 1. The van der Waals surface area contributed by atoms with Crippen LogP contribution in [-0.2, 0) is 16.0 Å². The minimum atomic E-state index is -0.216. The molecule has 0 aliphatic heterocycles. The molecule has 0 radical (unpaired) electrons. The van der Waals surface area contributed by atoms with E-state index < -0.39 is 0 Å². The van der Waals surface area contributed by atoms with Crippen LogP contribution >= 0.6 is 11.3 Å². The number of ether oxygens (including phenoxy) is 1. The fourth-order valence-corrected chi connectivity index (χ4v) is 2.35. The smallest absolute Gasteiger partial charge is 0.250 e. The summed E-state index contributed by atoms with van der Waals surface area (Å²) in [5, 5.41) is 13.5. The molecule has 2 rings (SSSR count). The zero-order valence-corrected chi connectivity index (χ0v) is 11.7. The number of hydrogen-bond donors (Lipinski definition) is 1. The first-order valence-electron chi connectivity index (χ1n) is 6.18. The number of nitriles is 1. The molecule has 0 unspecified atom stereocenters. The summed E-state index contributed by atoms with van der Waals surface area (Å²) < 4.78 is 5.33. The van der Waals surface area contributed by atoms with Crippen LogP contribution in [0.15, 0.2) is 41.8 Å². The van der Waals surface area contributed by atoms with E-state index >= 15 is 0 Å². The zero-order valence-electron chi connectivity index (χ0n) is 10.8. The van der Waals surface area contributed by atoms with Crippen molar-refractivity contribution in [2.75, 3.05) is 18.5 Å². The molecular formula is C15H14N2O2S. The van der Waals surface area contributed by atoms with Gasteiger partial charge in [0.25, 0.3) is 0 Å². The highest BCUT2D eigenvalue weighted by molar-refractivity contribution is 7.09. The average Bonchev–Trinajstić information content (AvgIpc) is 2.97. The third-order valence-corrected chi connectivity index (χ3v) is 3.52. The average molecular weight is 286 g/mol. The lowest BCUT2D eigenvalue weighted by Crippen LogP contribution is -2.19. The van der Waals surface area contributed by atoms with E-state index in [0.29, 0.717) is 17.9 Å². The van der Waals surface area contributed by atoms with E-state index in [-0.39, 0.29) is 12.5 Å². The molecule has 1 heterocycles. The van der Waals surface area contributed by atoms with E-state index in [1.807, 2.05) is 23.6 Å². The Hall–Kier alpha value is -2.16. The molecule has 1 N–H and O–H groups in total. The van der Waals surface area contributed by atoms with E-state index in [0.717, 1.165) is 6.42 Å². The zero-order chi connectivity index (χ0) is 14.2. The Balaban J connectivity index is 1.71. The van der Waals surface area contributed by atoms with Crippen LogP contribution in [0.1, 0.15) is 10.4 Å². The summed E-state index contributed by atoms with van der Waals surface area (Å²) in [7, 11) is 0. The minimum absolute atomic E-state index is 0.0160. The first kappa shape index (κ1) is 14.3. The molecule has 4 nitrogen and oxygen atoms in total. The topological polar surface area (TPSA) is 62.1 Å². The molecule has 0 saturated carbocycles. The lowest BCUT2D eigenvalue weighted by Gasteiger charge is -2.06. The van der Waals surface area contributed by atoms with E-state index in [2.05, 4.69) is 5.32 Å². The van der Waals surface area contributed by atoms with Crippen molar-refractivity contribution in [2.24, 2.45) is 0 Å². The van der Waals surface area contributed by atoms with Crippen molar-refractivity contribution in [3.05, 3.63) is 52.2 Å². The van der Waals surface area contributed by atoms with Crippen LogP contribution in [0.2, 0.25) is 0 Å². The summed E-state index contributed by atoms with van der Waals surface area (Å²) >= 11 is 1.68. The molecule has 0 saturated heterocycles. The lowest BCUT2D eigenvalue weighted by atomic mass is 10.2. The summed E-state index contributed by atoms with van der Waals surface area (Å²) in [6.07, 6.45) is 0.814. The maximum Gasteiger partial charge on any atom is 0.250 e. The Labute approximate surface area is 121 Å². The Kier molecular flexibility index (Phi) is 5.30. The van der Waals surface area contributed by atoms with Crippen LogP contribution in [0, 0.1) is 11.3 Å². The maximum atomic E-state index is 11.7. The molecule has 0 bridgehead atoms. The summed E-state index contributed by atoms with van der Waals surface area (Å²) in [6.45, 7) is 0.536. The van der Waals surface area contributed by atoms with Gasteiger partial charge in [-0.1, -0.05) is 12.1 Å². The summed E-state index contributed by atoms with van der Waals surface area (Å²) in [6, 6.07) is 12.8. The fraction of sp³-hybridized carbons (Fsp3) is 0.200. The number of carbonyl (C=O) groups excluding carboxylic acids is 1. The van der Waals surface area contributed by atoms with Gasteiger partial charge in [-0.3, -0.25) is 4.79 Å². The molecule has 0 atom stereocenters. The van der Waals surface area contributed by atoms with Crippen molar-refractivity contribution >= 4 is 22.9 Å². The quantitative estimate of drug-likeness (QED) is 0.831. The van der Waals surface area contributed by atoms with Crippen LogP contribution in [0.5, 0.6) is 0 Å². The lowest BCUT2D eigenvalue weighted by molar-refractivity contribution is -0.120. The monoisotopic (exact) mass is 286 g/mol. The molecule has 5 heteroatoms. The Morgan fingerprint density at radius 2 is 2.25 bits per heavy atom. The fourth-order valence-electron chi connectivity index (χ4n) is 1.66. The normalized spacial score (nSPS) is 9.95. The van der Waals surface area contributed by atoms with Crippen molar-refractivity contribution in [1.29, 1.82) is 5.26 Å². The molecule has 1 aromatic carbocycles. The molecular weight excluding hydrogens is 272 g/mol. The first-order chi connectivity index (χ1) is 9.78. The number of rotatable bonds is 6. The molecule has 20 heavy (non-hydrogen) atoms. The molecule has 1 aromatic heterocycles. The maximum absolute atomic E-state index is 11.7. The van der Waals surface area contributed by atoms with E-state index in [9.17, 15) is 4.79 Å². The van der Waals surface area contributed by atoms with E-state index in [1.165, 1.54) is 4.88 Å². The van der Waals surface area contributed by atoms with Crippen LogP contribution in [-0.4, -0.2) is 19.1 Å². The Morgan fingerprint density at radius 3 is 3.00 bits per heavy atom. The molecule has 0 aliphatic carbocycles. The van der Waals surface area contributed by atoms with Gasteiger partial charge in [0, 0.05) is 17.0 Å². The van der Waals surface area contributed by atoms with Gasteiger partial charge in [0.2, 0.25) is 5.91 Å². The van der Waals surface area contributed by atoms with E-state index in [4.69, 9.17) is 10.00 Å². The van der Waals surface area contributed by atoms with Crippen molar-refractivity contribution in [1.82, 2.24) is 0 Å². The van der Waals surface area contributed by atoms with Crippen molar-refractivity contribution in [3.8, 4) is 6.07 Å². The van der Waals surface area contributed by atoms with Gasteiger partial charge < -0.3 is 10.1 Å². The van der Waals surface area contributed by atoms with Gasteiger partial charge >= 0.3 is 0 Å². The van der Waals surface area contributed by atoms with Gasteiger partial charge in [-0.2, -0.15) is 5.26 Å². The number of nitrogens with one attached hydrogen (secondary N) is 1. The molecule has 0 spiro atoms. The standard InChI is InChI=1S/C15H14N2O2S/c16-10-12-3-1-4-13(9-12)17-15(18)11-19-7-6-14-5-2-8-20-14/h1-5,8-9H,6-7,11H2,(H,17,18). The summed E-state index contributed by atoms with van der Waals surface area (Å²) in [4.78, 5) is 12.9. The van der Waals surface area contributed by atoms with Crippen molar-refractivity contribution < 1.29 is 9.53 Å². The highest BCUT2D eigenvalue weighted by Gasteiger charge is 2.03. The van der Waals surface area contributed by atoms with Gasteiger partial charge in [0.1, 0.15) is 6.61 Å². The van der Waals surface area contributed by atoms with Gasteiger partial charge in [-0.25, -0.2) is 0 Å². The third-order valence-electron chi connectivity index (χ3n) is 2.58. The van der Waals surface area contributed by atoms with Crippen LogP contribution in [0.4, 0.5) is 5.69 Å². The summed E-state index contributed by atoms with van der Waals surface area (Å²) in [5.41, 5.74) is 1.12. The van der Waals surface area contributed by atoms with Crippen LogP contribution < -0.4 is 5.32 Å². The number of anilines is 1. The van der Waals surface area contributed by atoms with Gasteiger partial charge in [0.05, 0.1) is 18.2 Å². The molecule has 1 amide bonds.